The Morgan fingerprint density at radius 3 is 2.40 bits per heavy atom. The fraction of sp³-hybridized carbons (Fsp3) is 0.516. The summed E-state index contributed by atoms with van der Waals surface area (Å²) in [5, 5.41) is 35.5. The number of methoxy groups -OCH3 is 1. The number of hydrogen-bond acceptors (Lipinski definition) is 21. The molecular formula is C31H44N7O20P3S. The maximum absolute atomic E-state index is 12.7. The molecule has 3 heterocycles. The number of benzene rings is 1. The van der Waals surface area contributed by atoms with Gasteiger partial charge in [0.15, 0.2) is 40.1 Å². The number of aromatic hydroxyl groups is 1. The number of nitrogens with two attached hydrogens (primary N) is 1. The first-order valence-electron chi connectivity index (χ1n) is 17.8. The Hall–Kier alpha value is -3.95. The molecule has 3 aromatic rings. The largest absolute Gasteiger partial charge is 0.504 e. The van der Waals surface area contributed by atoms with Crippen molar-refractivity contribution >= 4 is 74.9 Å². The van der Waals surface area contributed by atoms with Gasteiger partial charge >= 0.3 is 23.5 Å². The van der Waals surface area contributed by atoms with E-state index in [1.54, 1.807) is 0 Å². The van der Waals surface area contributed by atoms with E-state index in [4.69, 9.17) is 24.3 Å². The number of nitrogens with one attached hydrogen (secondary N) is 2. The van der Waals surface area contributed by atoms with E-state index in [0.29, 0.717) is 0 Å². The van der Waals surface area contributed by atoms with Crippen LogP contribution in [0, 0.1) is 5.41 Å². The van der Waals surface area contributed by atoms with Crippen LogP contribution in [-0.4, -0.2) is 141 Å². The summed E-state index contributed by atoms with van der Waals surface area (Å²) in [6.45, 7) is 0.123. The minimum absolute atomic E-state index is 0.0163. The molecule has 7 atom stereocenters. The molecule has 344 valence electrons. The molecule has 2 aromatic heterocycles. The van der Waals surface area contributed by atoms with Gasteiger partial charge in [0.2, 0.25) is 11.8 Å². The lowest BCUT2D eigenvalue weighted by molar-refractivity contribution is -0.137. The van der Waals surface area contributed by atoms with Crippen LogP contribution in [0.25, 0.3) is 11.2 Å². The summed E-state index contributed by atoms with van der Waals surface area (Å²) in [6, 6.07) is 3.91. The maximum Gasteiger partial charge on any atom is 0.481 e. The lowest BCUT2D eigenvalue weighted by Gasteiger charge is -2.30. The van der Waals surface area contributed by atoms with E-state index in [9.17, 15) is 67.8 Å². The van der Waals surface area contributed by atoms with Crippen LogP contribution in [0.2, 0.25) is 0 Å². The van der Waals surface area contributed by atoms with Crippen LogP contribution in [0.15, 0.2) is 30.9 Å². The van der Waals surface area contributed by atoms with Gasteiger partial charge in [-0.15, -0.1) is 0 Å². The van der Waals surface area contributed by atoms with Gasteiger partial charge in [0.05, 0.1) is 33.1 Å². The van der Waals surface area contributed by atoms with Gasteiger partial charge in [-0.2, -0.15) is 4.31 Å². The van der Waals surface area contributed by atoms with Crippen molar-refractivity contribution in [2.24, 2.45) is 5.41 Å². The van der Waals surface area contributed by atoms with Crippen LogP contribution in [0.4, 0.5) is 5.82 Å². The van der Waals surface area contributed by atoms with Crippen LogP contribution in [0.3, 0.4) is 0 Å². The first-order chi connectivity index (χ1) is 28.8. The number of ketones is 1. The topological polar surface area (TPSA) is 410 Å². The van der Waals surface area contributed by atoms with E-state index >= 15 is 0 Å². The summed E-state index contributed by atoms with van der Waals surface area (Å²) in [5.74, 6) is -2.10. The predicted octanol–water partition coefficient (Wildman–Crippen LogP) is -0.348. The zero-order chi connectivity index (χ0) is 46.2. The Morgan fingerprint density at radius 2 is 1.73 bits per heavy atom. The number of ether oxygens (including phenoxy) is 2. The Kier molecular flexibility index (Phi) is 17.3. The molecule has 11 N–H and O–H groups in total. The molecule has 2 amide bonds. The molecule has 31 heteroatoms. The van der Waals surface area contributed by atoms with E-state index in [0.717, 1.165) is 29.0 Å². The quantitative estimate of drug-likeness (QED) is 0.0251. The third-order valence-electron chi connectivity index (χ3n) is 8.57. The van der Waals surface area contributed by atoms with Gasteiger partial charge in [0, 0.05) is 36.2 Å². The molecule has 1 aromatic carbocycles. The Bertz CT molecular complexity index is 2260. The average molecular weight is 960 g/mol. The molecule has 62 heavy (non-hydrogen) atoms. The van der Waals surface area contributed by atoms with Gasteiger partial charge in [-0.3, -0.25) is 37.3 Å². The molecule has 0 spiro atoms. The fourth-order valence-electron chi connectivity index (χ4n) is 5.43. The molecule has 0 saturated carbocycles. The van der Waals surface area contributed by atoms with Crippen LogP contribution in [0.1, 0.15) is 43.3 Å². The number of fused-ring (bicyclic) bond motifs is 1. The monoisotopic (exact) mass is 959 g/mol. The normalized spacial score (nSPS) is 20.5. The number of hydrogen-bond donors (Lipinski definition) is 10. The highest BCUT2D eigenvalue weighted by Gasteiger charge is 2.50. The molecule has 2 unspecified atom stereocenters. The van der Waals surface area contributed by atoms with Gasteiger partial charge in [-0.05, 0) is 18.2 Å². The second kappa shape index (κ2) is 21.2. The second-order valence-electron chi connectivity index (χ2n) is 13.8. The zero-order valence-corrected chi connectivity index (χ0v) is 36.3. The molecular weight excluding hydrogens is 915 g/mol. The number of phosphoric acid groups is 3. The summed E-state index contributed by atoms with van der Waals surface area (Å²) >= 11 is 0.805. The van der Waals surface area contributed by atoms with Crippen LogP contribution < -0.4 is 21.1 Å². The summed E-state index contributed by atoms with van der Waals surface area (Å²) in [5.41, 5.74) is 4.35. The lowest BCUT2D eigenvalue weighted by Crippen LogP contribution is -2.46. The van der Waals surface area contributed by atoms with E-state index in [1.807, 2.05) is 0 Å². The van der Waals surface area contributed by atoms with Crippen molar-refractivity contribution in [3.63, 3.8) is 0 Å². The van der Waals surface area contributed by atoms with Crippen molar-refractivity contribution in [1.29, 1.82) is 0 Å². The highest BCUT2D eigenvalue weighted by Crippen LogP contribution is 2.61. The van der Waals surface area contributed by atoms with E-state index in [-0.39, 0.29) is 59.3 Å². The number of aliphatic hydroxyl groups is 2. The number of aliphatic hydroxyl groups excluding tert-OH is 2. The summed E-state index contributed by atoms with van der Waals surface area (Å²) in [7, 11) is -15.2. The number of rotatable bonds is 23. The average Bonchev–Trinajstić information content (AvgIpc) is 3.74. The van der Waals surface area contributed by atoms with Crippen molar-refractivity contribution in [2.45, 2.75) is 57.3 Å². The number of thioether (sulfide) groups is 1. The molecule has 1 aliphatic heterocycles. The SMILES string of the molecule is COc1cc(C(=O)CC(=O)SCCNC(=O)CCNC(=O)[C@H](O)C(C)(C)COP(=O)(O)OP(=O)(O)OC[C@H]2O[C@@H](n3cnc4c(N)ncnc43)[C@H](O)[C@@H]2OP(=O)(O)O)ccc1O. The standard InChI is InChI=1S/C31H44N7O20P3S/c1-31(2,26(44)29(45)34-7-6-21(41)33-8-9-62-22(42)11-18(40)16-4-5-17(39)19(10-16)53-3)13-55-61(51,52)58-60(49,50)54-12-20-25(57-59(46,47)48)24(43)30(56-20)38-15-37-23-27(32)35-14-36-28(23)38/h4-5,10,14-15,20,24-26,30,39,43-44H,6-9,11-13H2,1-3H3,(H,33,41)(H,34,45)(H,49,50)(H,51,52)(H2,32,35,36)(H2,46,47,48)/t20-,24-,25-,26+,30-/m1/s1. The zero-order valence-electron chi connectivity index (χ0n) is 32.8. The first-order valence-corrected chi connectivity index (χ1v) is 23.3. The van der Waals surface area contributed by atoms with Crippen LogP contribution >= 0.6 is 35.2 Å². The second-order valence-corrected chi connectivity index (χ2v) is 19.2. The van der Waals surface area contributed by atoms with Crippen molar-refractivity contribution in [3.8, 4) is 11.5 Å². The molecule has 1 aliphatic rings. The number of phenolic OH excluding ortho intramolecular Hbond substituents is 1. The summed E-state index contributed by atoms with van der Waals surface area (Å²) in [4.78, 5) is 100. The lowest BCUT2D eigenvalue weighted by atomic mass is 9.87. The van der Waals surface area contributed by atoms with Crippen LogP contribution in [-0.2, 0) is 50.7 Å². The van der Waals surface area contributed by atoms with E-state index < -0.39 is 102 Å². The van der Waals surface area contributed by atoms with Gasteiger partial charge in [-0.1, -0.05) is 25.6 Å². The molecule has 0 aliphatic carbocycles. The van der Waals surface area contributed by atoms with Crippen molar-refractivity contribution in [2.75, 3.05) is 44.9 Å². The fourth-order valence-corrected chi connectivity index (χ4v) is 8.92. The number of aromatic nitrogens is 4. The van der Waals surface area contributed by atoms with Crippen molar-refractivity contribution in [3.05, 3.63) is 36.4 Å². The number of phenols is 1. The minimum Gasteiger partial charge on any atom is -0.504 e. The maximum atomic E-state index is 12.7. The van der Waals surface area contributed by atoms with Crippen molar-refractivity contribution in [1.82, 2.24) is 30.2 Å². The Balaban J connectivity index is 1.19. The molecule has 4 rings (SSSR count). The smallest absolute Gasteiger partial charge is 0.481 e. The van der Waals surface area contributed by atoms with E-state index in [1.165, 1.54) is 39.2 Å². The van der Waals surface area contributed by atoms with Gasteiger partial charge < -0.3 is 60.7 Å². The third kappa shape index (κ3) is 14.3. The molecule has 0 radical (unpaired) electrons. The minimum atomic E-state index is -5.60. The Labute approximate surface area is 355 Å². The number of nitrogens with zero attached hydrogens (tertiary/aromatic N) is 4. The van der Waals surface area contributed by atoms with Gasteiger partial charge in [0.1, 0.15) is 36.3 Å². The first kappa shape index (κ1) is 50.7. The summed E-state index contributed by atoms with van der Waals surface area (Å²) < 4.78 is 67.1. The molecule has 0 bridgehead atoms. The number of carbonyl (C=O) groups excluding carboxylic acids is 4. The predicted molar refractivity (Wildman–Crippen MR) is 211 cm³/mol. The van der Waals surface area contributed by atoms with Gasteiger partial charge in [-0.25, -0.2) is 28.6 Å². The molecule has 1 fully saturated rings. The number of nitrogen functional groups attached to an aromatic ring is 1. The summed E-state index contributed by atoms with van der Waals surface area (Å²) in [6.07, 6.45) is -7.60. The van der Waals surface area contributed by atoms with E-state index in [2.05, 4.69) is 34.4 Å². The highest BCUT2D eigenvalue weighted by molar-refractivity contribution is 8.13. The molecule has 1 saturated heterocycles. The van der Waals surface area contributed by atoms with Crippen LogP contribution in [0.5, 0.6) is 11.5 Å². The number of anilines is 1. The number of carbonyl (C=O) groups is 4. The number of amides is 2. The highest BCUT2D eigenvalue weighted by atomic mass is 32.2. The van der Waals surface area contributed by atoms with Gasteiger partial charge in [0.25, 0.3) is 0 Å². The number of phosphoric ester groups is 3. The van der Waals surface area contributed by atoms with Crippen molar-refractivity contribution < 1.29 is 95.1 Å². The Morgan fingerprint density at radius 1 is 1.03 bits per heavy atom. The molecule has 27 nitrogen and oxygen atoms in total. The third-order valence-corrected chi connectivity index (χ3v) is 12.5. The number of imidazole rings is 1. The number of Topliss-reactive ketones (excluding diaryl/α,β-unsaturated/α-hetero) is 1.